The molecule has 0 aromatic heterocycles. The summed E-state index contributed by atoms with van der Waals surface area (Å²) in [6.07, 6.45) is -1.38. The van der Waals surface area contributed by atoms with Crippen molar-refractivity contribution in [3.8, 4) is 0 Å². The molecule has 1 unspecified atom stereocenters. The Kier molecular flexibility index (Phi) is 4.64. The van der Waals surface area contributed by atoms with Crippen molar-refractivity contribution in [2.24, 2.45) is 11.8 Å². The molecule has 1 saturated heterocycles. The van der Waals surface area contributed by atoms with Gasteiger partial charge in [-0.1, -0.05) is 0 Å². The summed E-state index contributed by atoms with van der Waals surface area (Å²) in [5.41, 5.74) is 0. The molecule has 2 aliphatic rings. The minimum atomic E-state index is -4.11. The molecule has 0 spiro atoms. The van der Waals surface area contributed by atoms with E-state index in [-0.39, 0.29) is 30.7 Å². The van der Waals surface area contributed by atoms with E-state index in [4.69, 9.17) is 11.6 Å². The minimum Gasteiger partial charge on any atom is -0.338 e. The third-order valence-electron chi connectivity index (χ3n) is 4.38. The van der Waals surface area contributed by atoms with Crippen molar-refractivity contribution < 1.29 is 18.0 Å². The van der Waals surface area contributed by atoms with E-state index in [2.05, 4.69) is 0 Å². The molecule has 2 rings (SSSR count). The quantitative estimate of drug-likeness (QED) is 0.713. The van der Waals surface area contributed by atoms with Gasteiger partial charge < -0.3 is 4.90 Å². The Balaban J connectivity index is 1.89. The van der Waals surface area contributed by atoms with E-state index in [9.17, 15) is 18.0 Å². The first-order valence-corrected chi connectivity index (χ1v) is 7.40. The summed E-state index contributed by atoms with van der Waals surface area (Å²) < 4.78 is 37.7. The SMILES string of the molecule is O=C(C1CCC(C(F)(F)F)CC1)N1CCCC1CCl. The number of rotatable bonds is 2. The zero-order chi connectivity index (χ0) is 14.0. The lowest BCUT2D eigenvalue weighted by Gasteiger charge is -2.33. The van der Waals surface area contributed by atoms with Crippen molar-refractivity contribution in [1.29, 1.82) is 0 Å². The summed E-state index contributed by atoms with van der Waals surface area (Å²) >= 11 is 5.83. The average Bonchev–Trinajstić information content (AvgIpc) is 2.85. The van der Waals surface area contributed by atoms with Crippen LogP contribution in [0.1, 0.15) is 38.5 Å². The lowest BCUT2D eigenvalue weighted by Crippen LogP contribution is -2.42. The maximum Gasteiger partial charge on any atom is 0.391 e. The minimum absolute atomic E-state index is 0.0174. The number of nitrogens with zero attached hydrogens (tertiary/aromatic N) is 1. The molecule has 1 aliphatic carbocycles. The number of hydrogen-bond donors (Lipinski definition) is 0. The molecular formula is C13H19ClF3NO. The standard InChI is InChI=1S/C13H19ClF3NO/c14-8-11-2-1-7-18(11)12(19)9-3-5-10(6-4-9)13(15,16)17/h9-11H,1-8H2. The monoisotopic (exact) mass is 297 g/mol. The largest absolute Gasteiger partial charge is 0.391 e. The van der Waals surface area contributed by atoms with E-state index < -0.39 is 12.1 Å². The Morgan fingerprint density at radius 2 is 1.79 bits per heavy atom. The van der Waals surface area contributed by atoms with Gasteiger partial charge in [-0.05, 0) is 38.5 Å². The second-order valence-corrected chi connectivity index (χ2v) is 5.88. The molecule has 2 fully saturated rings. The zero-order valence-electron chi connectivity index (χ0n) is 10.8. The second kappa shape index (κ2) is 5.90. The summed E-state index contributed by atoms with van der Waals surface area (Å²) in [5, 5.41) is 0. The van der Waals surface area contributed by atoms with Crippen LogP contribution in [0.5, 0.6) is 0 Å². The van der Waals surface area contributed by atoms with Crippen LogP contribution in [0.3, 0.4) is 0 Å². The van der Waals surface area contributed by atoms with Gasteiger partial charge in [-0.3, -0.25) is 4.79 Å². The van der Waals surface area contributed by atoms with Crippen LogP contribution in [0.15, 0.2) is 0 Å². The van der Waals surface area contributed by atoms with Crippen LogP contribution in [0, 0.1) is 11.8 Å². The van der Waals surface area contributed by atoms with Crippen molar-refractivity contribution >= 4 is 17.5 Å². The first-order valence-electron chi connectivity index (χ1n) is 6.86. The molecule has 19 heavy (non-hydrogen) atoms. The summed E-state index contributed by atoms with van der Waals surface area (Å²) in [7, 11) is 0. The highest BCUT2D eigenvalue weighted by Crippen LogP contribution is 2.40. The molecule has 1 amide bonds. The molecule has 1 aliphatic heterocycles. The van der Waals surface area contributed by atoms with Gasteiger partial charge in [-0.15, -0.1) is 11.6 Å². The molecule has 0 radical (unpaired) electrons. The van der Waals surface area contributed by atoms with Crippen LogP contribution in [0.25, 0.3) is 0 Å². The van der Waals surface area contributed by atoms with Gasteiger partial charge in [0.2, 0.25) is 5.91 Å². The Morgan fingerprint density at radius 3 is 2.32 bits per heavy atom. The molecular weight excluding hydrogens is 279 g/mol. The Hall–Kier alpha value is -0.450. The molecule has 0 aromatic carbocycles. The van der Waals surface area contributed by atoms with E-state index in [1.165, 1.54) is 0 Å². The lowest BCUT2D eigenvalue weighted by molar-refractivity contribution is -0.185. The van der Waals surface area contributed by atoms with Crippen molar-refractivity contribution in [2.75, 3.05) is 12.4 Å². The number of alkyl halides is 4. The highest BCUT2D eigenvalue weighted by Gasteiger charge is 2.43. The number of likely N-dealkylation sites (tertiary alicyclic amines) is 1. The highest BCUT2D eigenvalue weighted by molar-refractivity contribution is 6.18. The molecule has 1 atom stereocenters. The number of carbonyl (C=O) groups is 1. The van der Waals surface area contributed by atoms with E-state index >= 15 is 0 Å². The second-order valence-electron chi connectivity index (χ2n) is 5.57. The van der Waals surface area contributed by atoms with Crippen LogP contribution in [-0.4, -0.2) is 35.4 Å². The van der Waals surface area contributed by atoms with E-state index in [1.54, 1.807) is 4.90 Å². The number of halogens is 4. The van der Waals surface area contributed by atoms with Crippen LogP contribution in [-0.2, 0) is 4.79 Å². The number of hydrogen-bond acceptors (Lipinski definition) is 1. The Bertz CT molecular complexity index is 326. The van der Waals surface area contributed by atoms with Crippen LogP contribution >= 0.6 is 11.6 Å². The first-order chi connectivity index (χ1) is 8.93. The van der Waals surface area contributed by atoms with Crippen molar-refractivity contribution in [3.63, 3.8) is 0 Å². The molecule has 2 nitrogen and oxygen atoms in total. The maximum absolute atomic E-state index is 12.6. The molecule has 0 bridgehead atoms. The van der Waals surface area contributed by atoms with Crippen molar-refractivity contribution in [1.82, 2.24) is 4.90 Å². The fourth-order valence-electron chi connectivity index (χ4n) is 3.19. The smallest absolute Gasteiger partial charge is 0.338 e. The van der Waals surface area contributed by atoms with Crippen molar-refractivity contribution in [3.05, 3.63) is 0 Å². The summed E-state index contributed by atoms with van der Waals surface area (Å²) in [5.74, 6) is -1.02. The third kappa shape index (κ3) is 3.36. The summed E-state index contributed by atoms with van der Waals surface area (Å²) in [6, 6.07) is 0.0782. The van der Waals surface area contributed by atoms with Crippen LogP contribution in [0.2, 0.25) is 0 Å². The van der Waals surface area contributed by atoms with Gasteiger partial charge in [-0.2, -0.15) is 13.2 Å². The van der Waals surface area contributed by atoms with Crippen molar-refractivity contribution in [2.45, 2.75) is 50.7 Å². The predicted octanol–water partition coefficient (Wildman–Crippen LogP) is 3.58. The first kappa shape index (κ1) is 14.9. The van der Waals surface area contributed by atoms with Crippen LogP contribution in [0.4, 0.5) is 13.2 Å². The molecule has 0 aromatic rings. The molecule has 0 N–H and O–H groups in total. The highest BCUT2D eigenvalue weighted by atomic mass is 35.5. The summed E-state index contributed by atoms with van der Waals surface area (Å²) in [6.45, 7) is 0.704. The van der Waals surface area contributed by atoms with Gasteiger partial charge in [0.1, 0.15) is 0 Å². The zero-order valence-corrected chi connectivity index (χ0v) is 11.5. The van der Waals surface area contributed by atoms with Crippen LogP contribution < -0.4 is 0 Å². The topological polar surface area (TPSA) is 20.3 Å². The van der Waals surface area contributed by atoms with Gasteiger partial charge >= 0.3 is 6.18 Å². The predicted molar refractivity (Wildman–Crippen MR) is 67.0 cm³/mol. The molecule has 1 saturated carbocycles. The van der Waals surface area contributed by atoms with Gasteiger partial charge in [0.25, 0.3) is 0 Å². The molecule has 6 heteroatoms. The molecule has 110 valence electrons. The van der Waals surface area contributed by atoms with E-state index in [1.807, 2.05) is 0 Å². The number of carbonyl (C=O) groups excluding carboxylic acids is 1. The lowest BCUT2D eigenvalue weighted by atomic mass is 9.81. The summed E-state index contributed by atoms with van der Waals surface area (Å²) in [4.78, 5) is 14.1. The third-order valence-corrected chi connectivity index (χ3v) is 4.73. The fourth-order valence-corrected chi connectivity index (χ4v) is 3.51. The van der Waals surface area contributed by atoms with Gasteiger partial charge in [-0.25, -0.2) is 0 Å². The molecule has 1 heterocycles. The van der Waals surface area contributed by atoms with E-state index in [0.717, 1.165) is 12.8 Å². The number of amides is 1. The average molecular weight is 298 g/mol. The Morgan fingerprint density at radius 1 is 1.16 bits per heavy atom. The van der Waals surface area contributed by atoms with E-state index in [0.29, 0.717) is 25.3 Å². The van der Waals surface area contributed by atoms with Gasteiger partial charge in [0.05, 0.1) is 5.92 Å². The maximum atomic E-state index is 12.6. The van der Waals surface area contributed by atoms with Gasteiger partial charge in [0.15, 0.2) is 0 Å². The normalized spacial score (nSPS) is 32.6. The van der Waals surface area contributed by atoms with Gasteiger partial charge in [0, 0.05) is 24.4 Å². The fraction of sp³-hybridized carbons (Fsp3) is 0.923. The Labute approximate surface area is 116 Å².